The second kappa shape index (κ2) is 5.74. The van der Waals surface area contributed by atoms with Gasteiger partial charge in [-0.05, 0) is 13.0 Å². The number of carbonyl (C=O) groups is 1. The van der Waals surface area contributed by atoms with Crippen LogP contribution in [0.2, 0.25) is 0 Å². The van der Waals surface area contributed by atoms with Gasteiger partial charge in [-0.1, -0.05) is 0 Å². The zero-order chi connectivity index (χ0) is 16.7. The van der Waals surface area contributed by atoms with Gasteiger partial charge in [-0.2, -0.15) is 0 Å². The number of carbonyl (C=O) groups excluding carboxylic acids is 1. The maximum absolute atomic E-state index is 12.6. The predicted octanol–water partition coefficient (Wildman–Crippen LogP) is 0.682. The number of rotatable bonds is 2. The van der Waals surface area contributed by atoms with Crippen LogP contribution in [0, 0.1) is 18.8 Å². The highest BCUT2D eigenvalue weighted by Gasteiger charge is 2.42. The largest absolute Gasteiger partial charge is 0.356 e. The van der Waals surface area contributed by atoms with Crippen molar-refractivity contribution >= 4 is 11.7 Å². The summed E-state index contributed by atoms with van der Waals surface area (Å²) < 4.78 is 0. The topological polar surface area (TPSA) is 82.2 Å². The van der Waals surface area contributed by atoms with Gasteiger partial charge in [0.05, 0.1) is 5.56 Å². The van der Waals surface area contributed by atoms with Gasteiger partial charge in [0.15, 0.2) is 0 Å². The Morgan fingerprint density at radius 2 is 1.96 bits per heavy atom. The van der Waals surface area contributed by atoms with Crippen molar-refractivity contribution in [1.82, 2.24) is 19.9 Å². The van der Waals surface area contributed by atoms with E-state index in [0.717, 1.165) is 37.6 Å². The summed E-state index contributed by atoms with van der Waals surface area (Å²) in [6.45, 7) is 5.36. The van der Waals surface area contributed by atoms with Crippen LogP contribution in [0.4, 0.5) is 5.82 Å². The lowest BCUT2D eigenvalue weighted by Crippen LogP contribution is -2.34. The molecule has 2 aliphatic rings. The van der Waals surface area contributed by atoms with Crippen LogP contribution in [0.5, 0.6) is 0 Å². The number of fused-ring (bicyclic) bond motifs is 1. The number of aromatic nitrogens is 3. The lowest BCUT2D eigenvalue weighted by molar-refractivity contribution is 0.0782. The molecule has 0 bridgehead atoms. The smallest absolute Gasteiger partial charge is 0.255 e. The first-order valence-electron chi connectivity index (χ1n) is 8.11. The molecule has 1 amide bonds. The average Bonchev–Trinajstić information content (AvgIpc) is 3.14. The SMILES string of the molecule is Cc1cncnc1N1CC2CN(C(=O)c3ccc(=O)[nH]c3)CC2C1. The van der Waals surface area contributed by atoms with Crippen molar-refractivity contribution in [1.29, 1.82) is 0 Å². The van der Waals surface area contributed by atoms with Gasteiger partial charge < -0.3 is 14.8 Å². The second-order valence-electron chi connectivity index (χ2n) is 6.61. The minimum atomic E-state index is -0.194. The first-order chi connectivity index (χ1) is 11.6. The molecule has 2 unspecified atom stereocenters. The van der Waals surface area contributed by atoms with Gasteiger partial charge in [-0.3, -0.25) is 9.59 Å². The first-order valence-corrected chi connectivity index (χ1v) is 8.11. The van der Waals surface area contributed by atoms with Crippen LogP contribution in [-0.4, -0.2) is 51.9 Å². The van der Waals surface area contributed by atoms with E-state index in [0.29, 0.717) is 17.4 Å². The van der Waals surface area contributed by atoms with Gasteiger partial charge in [0.2, 0.25) is 5.56 Å². The van der Waals surface area contributed by atoms with Crippen molar-refractivity contribution in [3.63, 3.8) is 0 Å². The summed E-state index contributed by atoms with van der Waals surface area (Å²) >= 11 is 0. The third-order valence-corrected chi connectivity index (χ3v) is 4.97. The van der Waals surface area contributed by atoms with E-state index in [1.54, 1.807) is 12.4 Å². The standard InChI is InChI=1S/C17H19N5O2/c1-11-4-18-10-20-16(11)21-6-13-8-22(9-14(13)7-21)17(24)12-2-3-15(23)19-5-12/h2-5,10,13-14H,6-9H2,1H3,(H,19,23). The molecule has 24 heavy (non-hydrogen) atoms. The van der Waals surface area contributed by atoms with E-state index in [4.69, 9.17) is 0 Å². The molecule has 7 nitrogen and oxygen atoms in total. The lowest BCUT2D eigenvalue weighted by atomic mass is 10.0. The normalized spacial score (nSPS) is 22.7. The van der Waals surface area contributed by atoms with Crippen molar-refractivity contribution < 1.29 is 4.79 Å². The van der Waals surface area contributed by atoms with Crippen molar-refractivity contribution in [3.05, 3.63) is 52.3 Å². The van der Waals surface area contributed by atoms with Crippen molar-refractivity contribution in [2.45, 2.75) is 6.92 Å². The van der Waals surface area contributed by atoms with Crippen LogP contribution >= 0.6 is 0 Å². The van der Waals surface area contributed by atoms with Gasteiger partial charge >= 0.3 is 0 Å². The van der Waals surface area contributed by atoms with Crippen molar-refractivity contribution in [3.8, 4) is 0 Å². The van der Waals surface area contributed by atoms with E-state index in [2.05, 4.69) is 19.9 Å². The Morgan fingerprint density at radius 1 is 1.21 bits per heavy atom. The Kier molecular flexibility index (Phi) is 3.55. The molecule has 2 fully saturated rings. The number of nitrogens with one attached hydrogen (secondary N) is 1. The lowest BCUT2D eigenvalue weighted by Gasteiger charge is -2.23. The van der Waals surface area contributed by atoms with Gasteiger partial charge in [-0.25, -0.2) is 9.97 Å². The van der Waals surface area contributed by atoms with Crippen LogP contribution in [0.15, 0.2) is 35.6 Å². The third-order valence-electron chi connectivity index (χ3n) is 4.97. The highest BCUT2D eigenvalue weighted by molar-refractivity contribution is 5.94. The zero-order valence-corrected chi connectivity index (χ0v) is 13.5. The van der Waals surface area contributed by atoms with Crippen LogP contribution < -0.4 is 10.5 Å². The Bertz CT molecular complexity index is 799. The summed E-state index contributed by atoms with van der Waals surface area (Å²) in [5.41, 5.74) is 1.43. The Morgan fingerprint density at radius 3 is 2.58 bits per heavy atom. The number of H-pyrrole nitrogens is 1. The Balaban J connectivity index is 1.44. The minimum Gasteiger partial charge on any atom is -0.356 e. The van der Waals surface area contributed by atoms with E-state index in [1.165, 1.54) is 12.3 Å². The molecule has 7 heteroatoms. The molecule has 0 aliphatic carbocycles. The summed E-state index contributed by atoms with van der Waals surface area (Å²) in [7, 11) is 0. The Hall–Kier alpha value is -2.70. The van der Waals surface area contributed by atoms with Crippen LogP contribution in [0.1, 0.15) is 15.9 Å². The number of pyridine rings is 1. The molecule has 2 saturated heterocycles. The number of nitrogens with zero attached hydrogens (tertiary/aromatic N) is 4. The quantitative estimate of drug-likeness (QED) is 0.878. The molecule has 124 valence electrons. The highest BCUT2D eigenvalue weighted by atomic mass is 16.2. The molecule has 4 rings (SSSR count). The molecule has 0 aromatic carbocycles. The molecule has 4 heterocycles. The minimum absolute atomic E-state index is 0.00887. The molecule has 1 N–H and O–H groups in total. The van der Waals surface area contributed by atoms with E-state index >= 15 is 0 Å². The zero-order valence-electron chi connectivity index (χ0n) is 13.5. The number of aromatic amines is 1. The number of amides is 1. The molecule has 2 aromatic rings. The van der Waals surface area contributed by atoms with Crippen molar-refractivity contribution in [2.24, 2.45) is 11.8 Å². The molecule has 0 saturated carbocycles. The summed E-state index contributed by atoms with van der Waals surface area (Å²) in [5, 5.41) is 0. The number of hydrogen-bond donors (Lipinski definition) is 1. The summed E-state index contributed by atoms with van der Waals surface area (Å²) in [6.07, 6.45) is 4.92. The predicted molar refractivity (Wildman–Crippen MR) is 88.9 cm³/mol. The molecular weight excluding hydrogens is 306 g/mol. The van der Waals surface area contributed by atoms with Crippen LogP contribution in [0.3, 0.4) is 0 Å². The van der Waals surface area contributed by atoms with Crippen molar-refractivity contribution in [2.75, 3.05) is 31.1 Å². The molecule has 2 aliphatic heterocycles. The van der Waals surface area contributed by atoms with Gasteiger partial charge in [-0.15, -0.1) is 0 Å². The highest BCUT2D eigenvalue weighted by Crippen LogP contribution is 2.34. The average molecular weight is 325 g/mol. The fraction of sp³-hybridized carbons (Fsp3) is 0.412. The maximum atomic E-state index is 12.6. The maximum Gasteiger partial charge on any atom is 0.255 e. The molecule has 2 atom stereocenters. The van der Waals surface area contributed by atoms with Gasteiger partial charge in [0, 0.05) is 62.0 Å². The summed E-state index contributed by atoms with van der Waals surface area (Å²) in [6, 6.07) is 2.98. The number of likely N-dealkylation sites (tertiary alicyclic amines) is 1. The second-order valence-corrected chi connectivity index (χ2v) is 6.61. The first kappa shape index (κ1) is 14.9. The monoisotopic (exact) mass is 325 g/mol. The van der Waals surface area contributed by atoms with E-state index in [-0.39, 0.29) is 11.5 Å². The fourth-order valence-corrected chi connectivity index (χ4v) is 3.78. The Labute approximate surface area is 139 Å². The molecule has 0 radical (unpaired) electrons. The summed E-state index contributed by atoms with van der Waals surface area (Å²) in [5.74, 6) is 1.92. The third kappa shape index (κ3) is 2.55. The van der Waals surface area contributed by atoms with Gasteiger partial charge in [0.1, 0.15) is 12.1 Å². The fourth-order valence-electron chi connectivity index (χ4n) is 3.78. The van der Waals surface area contributed by atoms with Crippen LogP contribution in [-0.2, 0) is 0 Å². The number of aryl methyl sites for hydroxylation is 1. The van der Waals surface area contributed by atoms with E-state index in [1.807, 2.05) is 18.0 Å². The summed E-state index contributed by atoms with van der Waals surface area (Å²) in [4.78, 5) is 38.9. The molecular formula is C17H19N5O2. The van der Waals surface area contributed by atoms with E-state index < -0.39 is 0 Å². The van der Waals surface area contributed by atoms with Gasteiger partial charge in [0.25, 0.3) is 5.91 Å². The van der Waals surface area contributed by atoms with Crippen LogP contribution in [0.25, 0.3) is 0 Å². The number of hydrogen-bond acceptors (Lipinski definition) is 5. The van der Waals surface area contributed by atoms with E-state index in [9.17, 15) is 9.59 Å². The number of anilines is 1. The molecule has 0 spiro atoms. The molecule has 2 aromatic heterocycles.